The molecule has 1 saturated heterocycles. The number of anilines is 1. The van der Waals surface area contributed by atoms with E-state index in [1.54, 1.807) is 0 Å². The molecule has 1 aromatic rings. The molecule has 1 aliphatic carbocycles. The lowest BCUT2D eigenvalue weighted by Gasteiger charge is -2.29. The van der Waals surface area contributed by atoms with E-state index < -0.39 is 0 Å². The Bertz CT molecular complexity index is 752. The monoisotopic (exact) mass is 413 g/mol. The minimum atomic E-state index is -0.254. The lowest BCUT2D eigenvalue weighted by Crippen LogP contribution is -2.39. The molecule has 164 valence electrons. The van der Waals surface area contributed by atoms with Crippen LogP contribution in [0.4, 0.5) is 5.69 Å². The fourth-order valence-electron chi connectivity index (χ4n) is 5.05. The summed E-state index contributed by atoms with van der Waals surface area (Å²) in [4.78, 5) is 27.0. The number of hydrogen-bond acceptors (Lipinski definition) is 4. The van der Waals surface area contributed by atoms with Crippen molar-refractivity contribution >= 4 is 17.5 Å². The van der Waals surface area contributed by atoms with Gasteiger partial charge in [0.05, 0.1) is 0 Å². The summed E-state index contributed by atoms with van der Waals surface area (Å²) in [5.74, 6) is 0.770. The van der Waals surface area contributed by atoms with Crippen LogP contribution in [0.2, 0.25) is 0 Å². The standard InChI is InChI=1S/C24H35N3O3/c1-27-12-2-4-20-14-18(8-11-21(20)27)16-25-23(28)19-9-6-17(7-10-19)15-26-24(29)22-5-3-13-30-22/h8,11,14,17,19,22H,2-7,9-10,12-13,15-16H2,1H3,(H,25,28)(H,26,29). The molecule has 0 radical (unpaired) electrons. The van der Waals surface area contributed by atoms with Crippen LogP contribution in [0.5, 0.6) is 0 Å². The van der Waals surface area contributed by atoms with Gasteiger partial charge < -0.3 is 20.3 Å². The van der Waals surface area contributed by atoms with Crippen molar-refractivity contribution in [2.75, 3.05) is 31.6 Å². The maximum atomic E-state index is 12.7. The van der Waals surface area contributed by atoms with Crippen molar-refractivity contribution in [1.29, 1.82) is 0 Å². The van der Waals surface area contributed by atoms with Crippen LogP contribution in [-0.4, -0.2) is 44.7 Å². The maximum absolute atomic E-state index is 12.7. The van der Waals surface area contributed by atoms with Gasteiger partial charge in [-0.1, -0.05) is 12.1 Å². The molecule has 3 aliphatic rings. The Morgan fingerprint density at radius 2 is 1.90 bits per heavy atom. The molecule has 2 aliphatic heterocycles. The highest BCUT2D eigenvalue weighted by Gasteiger charge is 2.28. The summed E-state index contributed by atoms with van der Waals surface area (Å²) in [6.45, 7) is 3.12. The molecule has 0 aromatic heterocycles. The van der Waals surface area contributed by atoms with E-state index in [1.807, 2.05) is 0 Å². The lowest BCUT2D eigenvalue weighted by atomic mass is 9.81. The number of rotatable bonds is 6. The largest absolute Gasteiger partial charge is 0.374 e. The van der Waals surface area contributed by atoms with Gasteiger partial charge >= 0.3 is 0 Å². The number of nitrogens with one attached hydrogen (secondary N) is 2. The van der Waals surface area contributed by atoms with Crippen molar-refractivity contribution < 1.29 is 14.3 Å². The Kier molecular flexibility index (Phi) is 6.93. The molecule has 1 unspecified atom stereocenters. The molecule has 6 heteroatoms. The first-order valence-electron chi connectivity index (χ1n) is 11.6. The summed E-state index contributed by atoms with van der Waals surface area (Å²) in [5.41, 5.74) is 3.89. The molecule has 2 heterocycles. The average Bonchev–Trinajstić information content (AvgIpc) is 3.31. The maximum Gasteiger partial charge on any atom is 0.249 e. The molecule has 1 atom stereocenters. The zero-order valence-corrected chi connectivity index (χ0v) is 18.1. The van der Waals surface area contributed by atoms with Crippen LogP contribution in [-0.2, 0) is 27.3 Å². The second-order valence-corrected chi connectivity index (χ2v) is 9.17. The number of nitrogens with zero attached hydrogens (tertiary/aromatic N) is 1. The predicted molar refractivity (Wildman–Crippen MR) is 117 cm³/mol. The number of carbonyl (C=O) groups is 2. The third-order valence-corrected chi connectivity index (χ3v) is 6.97. The molecule has 2 N–H and O–H groups in total. The molecule has 1 saturated carbocycles. The Morgan fingerprint density at radius 3 is 2.67 bits per heavy atom. The molecule has 2 fully saturated rings. The molecule has 0 bridgehead atoms. The number of fused-ring (bicyclic) bond motifs is 1. The number of amides is 2. The van der Waals surface area contributed by atoms with Crippen LogP contribution in [0.25, 0.3) is 0 Å². The van der Waals surface area contributed by atoms with E-state index in [9.17, 15) is 9.59 Å². The zero-order valence-electron chi connectivity index (χ0n) is 18.1. The van der Waals surface area contributed by atoms with E-state index in [4.69, 9.17) is 4.74 Å². The molecule has 1 aromatic carbocycles. The number of carbonyl (C=O) groups excluding carboxylic acids is 2. The smallest absolute Gasteiger partial charge is 0.249 e. The average molecular weight is 414 g/mol. The molecular weight excluding hydrogens is 378 g/mol. The molecule has 6 nitrogen and oxygen atoms in total. The van der Waals surface area contributed by atoms with Crippen molar-refractivity contribution in [1.82, 2.24) is 10.6 Å². The normalized spacial score (nSPS) is 26.2. The number of aryl methyl sites for hydroxylation is 1. The quantitative estimate of drug-likeness (QED) is 0.752. The number of hydrogen-bond donors (Lipinski definition) is 2. The number of benzene rings is 1. The van der Waals surface area contributed by atoms with Gasteiger partial charge in [0, 0.05) is 44.9 Å². The highest BCUT2D eigenvalue weighted by atomic mass is 16.5. The van der Waals surface area contributed by atoms with Crippen LogP contribution < -0.4 is 15.5 Å². The van der Waals surface area contributed by atoms with Crippen LogP contribution in [0.15, 0.2) is 18.2 Å². The van der Waals surface area contributed by atoms with Crippen molar-refractivity contribution in [3.05, 3.63) is 29.3 Å². The summed E-state index contributed by atoms with van der Waals surface area (Å²) in [7, 11) is 2.14. The molecule has 4 rings (SSSR count). The van der Waals surface area contributed by atoms with E-state index in [0.717, 1.165) is 51.5 Å². The van der Waals surface area contributed by atoms with E-state index in [2.05, 4.69) is 40.8 Å². The fourth-order valence-corrected chi connectivity index (χ4v) is 5.05. The summed E-state index contributed by atoms with van der Waals surface area (Å²) >= 11 is 0. The molecule has 0 spiro atoms. The molecule has 2 amide bonds. The van der Waals surface area contributed by atoms with Gasteiger partial charge in [-0.15, -0.1) is 0 Å². The van der Waals surface area contributed by atoms with Gasteiger partial charge in [-0.25, -0.2) is 0 Å². The summed E-state index contributed by atoms with van der Waals surface area (Å²) in [5, 5.41) is 6.20. The van der Waals surface area contributed by atoms with Crippen LogP contribution in [0, 0.1) is 11.8 Å². The fraction of sp³-hybridized carbons (Fsp3) is 0.667. The molecular formula is C24H35N3O3. The Morgan fingerprint density at radius 1 is 1.07 bits per heavy atom. The van der Waals surface area contributed by atoms with Gasteiger partial charge in [-0.3, -0.25) is 9.59 Å². The van der Waals surface area contributed by atoms with Crippen molar-refractivity contribution in [3.8, 4) is 0 Å². The van der Waals surface area contributed by atoms with E-state index >= 15 is 0 Å². The summed E-state index contributed by atoms with van der Waals surface area (Å²) in [6.07, 6.45) is 7.66. The van der Waals surface area contributed by atoms with Gasteiger partial charge in [0.2, 0.25) is 11.8 Å². The first kappa shape index (κ1) is 21.2. The Balaban J connectivity index is 1.18. The first-order chi connectivity index (χ1) is 14.6. The van der Waals surface area contributed by atoms with E-state index in [-0.39, 0.29) is 23.8 Å². The van der Waals surface area contributed by atoms with Crippen molar-refractivity contribution in [3.63, 3.8) is 0 Å². The van der Waals surface area contributed by atoms with Crippen LogP contribution in [0.1, 0.15) is 56.1 Å². The van der Waals surface area contributed by atoms with E-state index in [1.165, 1.54) is 23.2 Å². The van der Waals surface area contributed by atoms with E-state index in [0.29, 0.717) is 25.6 Å². The van der Waals surface area contributed by atoms with Gasteiger partial charge in [0.25, 0.3) is 0 Å². The second kappa shape index (κ2) is 9.82. The van der Waals surface area contributed by atoms with Gasteiger partial charge in [0.1, 0.15) is 6.10 Å². The minimum absolute atomic E-state index is 0.0311. The van der Waals surface area contributed by atoms with Crippen LogP contribution in [0.3, 0.4) is 0 Å². The predicted octanol–water partition coefficient (Wildman–Crippen LogP) is 2.79. The zero-order chi connectivity index (χ0) is 20.9. The lowest BCUT2D eigenvalue weighted by molar-refractivity contribution is -0.130. The minimum Gasteiger partial charge on any atom is -0.374 e. The first-order valence-corrected chi connectivity index (χ1v) is 11.6. The van der Waals surface area contributed by atoms with Crippen molar-refractivity contribution in [2.45, 2.75) is 64.0 Å². The third kappa shape index (κ3) is 5.15. The van der Waals surface area contributed by atoms with Gasteiger partial charge in [0.15, 0.2) is 0 Å². The van der Waals surface area contributed by atoms with Gasteiger partial charge in [-0.2, -0.15) is 0 Å². The molecule has 30 heavy (non-hydrogen) atoms. The Labute approximate surface area is 179 Å². The highest BCUT2D eigenvalue weighted by Crippen LogP contribution is 2.29. The number of ether oxygens (including phenoxy) is 1. The van der Waals surface area contributed by atoms with Crippen molar-refractivity contribution in [2.24, 2.45) is 11.8 Å². The summed E-state index contributed by atoms with van der Waals surface area (Å²) in [6, 6.07) is 6.57. The second-order valence-electron chi connectivity index (χ2n) is 9.17. The third-order valence-electron chi connectivity index (χ3n) is 6.97. The topological polar surface area (TPSA) is 70.7 Å². The summed E-state index contributed by atoms with van der Waals surface area (Å²) < 4.78 is 5.44. The SMILES string of the molecule is CN1CCCc2cc(CNC(=O)C3CCC(CNC(=O)C4CCCO4)CC3)ccc21. The van der Waals surface area contributed by atoms with Crippen LogP contribution >= 0.6 is 0 Å². The highest BCUT2D eigenvalue weighted by molar-refractivity contribution is 5.81. The van der Waals surface area contributed by atoms with Gasteiger partial charge in [-0.05, 0) is 74.5 Å². The Hall–Kier alpha value is -2.08.